The SMILES string of the molecule is O=C(Cc1ccccc1)Nc1cc([C@H]2C[C@@H](c3ccccc3O)C2)[nH]n1. The molecule has 1 aromatic heterocycles. The Morgan fingerprint density at radius 2 is 1.81 bits per heavy atom. The molecular weight excluding hydrogens is 326 g/mol. The number of benzene rings is 2. The molecule has 0 spiro atoms. The Balaban J connectivity index is 1.33. The number of amides is 1. The van der Waals surface area contributed by atoms with Crippen LogP contribution in [0, 0.1) is 0 Å². The number of para-hydroxylation sites is 1. The largest absolute Gasteiger partial charge is 0.508 e. The third-order valence-electron chi connectivity index (χ3n) is 5.03. The average molecular weight is 347 g/mol. The van der Waals surface area contributed by atoms with Crippen molar-refractivity contribution >= 4 is 11.7 Å². The van der Waals surface area contributed by atoms with Crippen LogP contribution in [0.5, 0.6) is 5.75 Å². The number of hydrogen-bond donors (Lipinski definition) is 3. The van der Waals surface area contributed by atoms with Gasteiger partial charge in [0.1, 0.15) is 5.75 Å². The Morgan fingerprint density at radius 3 is 2.58 bits per heavy atom. The average Bonchev–Trinajstić information content (AvgIpc) is 3.04. The summed E-state index contributed by atoms with van der Waals surface area (Å²) >= 11 is 0. The summed E-state index contributed by atoms with van der Waals surface area (Å²) in [5.41, 5.74) is 3.02. The summed E-state index contributed by atoms with van der Waals surface area (Å²) < 4.78 is 0. The highest BCUT2D eigenvalue weighted by atomic mass is 16.3. The first-order valence-corrected chi connectivity index (χ1v) is 8.86. The van der Waals surface area contributed by atoms with E-state index in [1.165, 1.54) is 0 Å². The minimum absolute atomic E-state index is 0.0741. The number of aromatic amines is 1. The number of nitrogens with zero attached hydrogens (tertiary/aromatic N) is 1. The van der Waals surface area contributed by atoms with Crippen molar-refractivity contribution in [3.05, 3.63) is 77.5 Å². The molecule has 0 radical (unpaired) electrons. The van der Waals surface area contributed by atoms with Gasteiger partial charge in [0.25, 0.3) is 0 Å². The van der Waals surface area contributed by atoms with Crippen molar-refractivity contribution in [3.8, 4) is 5.75 Å². The minimum Gasteiger partial charge on any atom is -0.508 e. The van der Waals surface area contributed by atoms with Crippen LogP contribution in [-0.2, 0) is 11.2 Å². The fourth-order valence-corrected chi connectivity index (χ4v) is 3.54. The molecule has 0 atom stereocenters. The molecule has 2 aromatic carbocycles. The normalized spacial score (nSPS) is 18.9. The minimum atomic E-state index is -0.0741. The third kappa shape index (κ3) is 3.47. The molecule has 1 aliphatic carbocycles. The Labute approximate surface area is 152 Å². The highest BCUT2D eigenvalue weighted by molar-refractivity contribution is 5.91. The van der Waals surface area contributed by atoms with E-state index in [1.807, 2.05) is 54.6 Å². The van der Waals surface area contributed by atoms with E-state index in [0.717, 1.165) is 29.7 Å². The van der Waals surface area contributed by atoms with Crippen molar-refractivity contribution in [2.24, 2.45) is 0 Å². The highest BCUT2D eigenvalue weighted by Crippen LogP contribution is 2.49. The van der Waals surface area contributed by atoms with Crippen LogP contribution in [0.2, 0.25) is 0 Å². The fraction of sp³-hybridized carbons (Fsp3) is 0.238. The van der Waals surface area contributed by atoms with Crippen molar-refractivity contribution in [1.82, 2.24) is 10.2 Å². The van der Waals surface area contributed by atoms with Crippen molar-refractivity contribution < 1.29 is 9.90 Å². The smallest absolute Gasteiger partial charge is 0.229 e. The number of carbonyl (C=O) groups excluding carboxylic acids is 1. The summed E-state index contributed by atoms with van der Waals surface area (Å²) in [6.07, 6.45) is 2.27. The van der Waals surface area contributed by atoms with Crippen molar-refractivity contribution in [2.45, 2.75) is 31.1 Å². The van der Waals surface area contributed by atoms with Crippen LogP contribution in [-0.4, -0.2) is 21.2 Å². The molecule has 0 unspecified atom stereocenters. The molecule has 0 bridgehead atoms. The molecule has 1 fully saturated rings. The van der Waals surface area contributed by atoms with E-state index >= 15 is 0 Å². The zero-order valence-electron chi connectivity index (χ0n) is 14.4. The first-order chi connectivity index (χ1) is 12.7. The Morgan fingerprint density at radius 1 is 1.08 bits per heavy atom. The van der Waals surface area contributed by atoms with E-state index in [4.69, 9.17) is 0 Å². The van der Waals surface area contributed by atoms with E-state index < -0.39 is 0 Å². The maximum atomic E-state index is 12.1. The summed E-state index contributed by atoms with van der Waals surface area (Å²) in [6.45, 7) is 0. The maximum Gasteiger partial charge on any atom is 0.229 e. The molecule has 1 aliphatic rings. The second-order valence-corrected chi connectivity index (χ2v) is 6.84. The quantitative estimate of drug-likeness (QED) is 0.654. The van der Waals surface area contributed by atoms with Gasteiger partial charge < -0.3 is 10.4 Å². The van der Waals surface area contributed by atoms with Gasteiger partial charge in [-0.2, -0.15) is 5.10 Å². The van der Waals surface area contributed by atoms with Crippen molar-refractivity contribution in [2.75, 3.05) is 5.32 Å². The van der Waals surface area contributed by atoms with Crippen LogP contribution in [0.15, 0.2) is 60.7 Å². The van der Waals surface area contributed by atoms with E-state index in [1.54, 1.807) is 6.07 Å². The summed E-state index contributed by atoms with van der Waals surface area (Å²) in [5.74, 6) is 1.61. The second kappa shape index (κ2) is 7.04. The molecule has 0 saturated heterocycles. The van der Waals surface area contributed by atoms with Gasteiger partial charge in [-0.3, -0.25) is 9.89 Å². The van der Waals surface area contributed by atoms with Crippen LogP contribution in [0.4, 0.5) is 5.82 Å². The van der Waals surface area contributed by atoms with Gasteiger partial charge in [0, 0.05) is 17.7 Å². The summed E-state index contributed by atoms with van der Waals surface area (Å²) in [7, 11) is 0. The molecule has 5 heteroatoms. The molecule has 26 heavy (non-hydrogen) atoms. The number of rotatable bonds is 5. The van der Waals surface area contributed by atoms with Crippen LogP contribution < -0.4 is 5.32 Å². The number of nitrogens with one attached hydrogen (secondary N) is 2. The van der Waals surface area contributed by atoms with Gasteiger partial charge in [0.05, 0.1) is 6.42 Å². The molecule has 1 heterocycles. The standard InChI is InChI=1S/C21H21N3O2/c25-19-9-5-4-8-17(19)15-11-16(12-15)18-13-20(24-23-18)22-21(26)10-14-6-2-1-3-7-14/h1-9,13,15-16,25H,10-12H2,(H2,22,23,24,26)/t15-,16+. The van der Waals surface area contributed by atoms with Crippen LogP contribution >= 0.6 is 0 Å². The van der Waals surface area contributed by atoms with Gasteiger partial charge in [0.2, 0.25) is 5.91 Å². The van der Waals surface area contributed by atoms with E-state index in [2.05, 4.69) is 15.5 Å². The van der Waals surface area contributed by atoms with E-state index in [9.17, 15) is 9.90 Å². The number of phenolic OH excluding ortho intramolecular Hbond substituents is 1. The van der Waals surface area contributed by atoms with Crippen LogP contribution in [0.25, 0.3) is 0 Å². The van der Waals surface area contributed by atoms with Crippen molar-refractivity contribution in [3.63, 3.8) is 0 Å². The number of H-pyrrole nitrogens is 1. The summed E-state index contributed by atoms with van der Waals surface area (Å²) in [4.78, 5) is 12.1. The third-order valence-corrected chi connectivity index (χ3v) is 5.03. The van der Waals surface area contributed by atoms with Crippen LogP contribution in [0.3, 0.4) is 0 Å². The summed E-state index contributed by atoms with van der Waals surface area (Å²) in [6, 6.07) is 19.1. The van der Waals surface area contributed by atoms with Crippen LogP contribution in [0.1, 0.15) is 41.5 Å². The zero-order valence-corrected chi connectivity index (χ0v) is 14.4. The maximum absolute atomic E-state index is 12.1. The lowest BCUT2D eigenvalue weighted by Gasteiger charge is -2.35. The van der Waals surface area contributed by atoms with Crippen molar-refractivity contribution in [1.29, 1.82) is 0 Å². The fourth-order valence-electron chi connectivity index (χ4n) is 3.54. The van der Waals surface area contributed by atoms with Gasteiger partial charge in [-0.25, -0.2) is 0 Å². The Bertz CT molecular complexity index is 898. The number of carbonyl (C=O) groups is 1. The Hall–Kier alpha value is -3.08. The monoisotopic (exact) mass is 347 g/mol. The molecule has 132 valence electrons. The van der Waals surface area contributed by atoms with Gasteiger partial charge in [-0.05, 0) is 36.0 Å². The molecule has 1 saturated carbocycles. The lowest BCUT2D eigenvalue weighted by Crippen LogP contribution is -2.20. The lowest BCUT2D eigenvalue weighted by molar-refractivity contribution is -0.115. The van der Waals surface area contributed by atoms with E-state index in [-0.39, 0.29) is 5.91 Å². The lowest BCUT2D eigenvalue weighted by atomic mass is 9.70. The number of anilines is 1. The molecule has 1 amide bonds. The number of aromatic hydroxyl groups is 1. The van der Waals surface area contributed by atoms with Gasteiger partial charge in [-0.15, -0.1) is 0 Å². The van der Waals surface area contributed by atoms with Gasteiger partial charge in [0.15, 0.2) is 5.82 Å². The predicted molar refractivity (Wildman–Crippen MR) is 100 cm³/mol. The predicted octanol–water partition coefficient (Wildman–Crippen LogP) is 3.96. The topological polar surface area (TPSA) is 78.0 Å². The first-order valence-electron chi connectivity index (χ1n) is 8.86. The van der Waals surface area contributed by atoms with Gasteiger partial charge >= 0.3 is 0 Å². The van der Waals surface area contributed by atoms with E-state index in [0.29, 0.717) is 29.8 Å². The number of hydrogen-bond acceptors (Lipinski definition) is 3. The Kier molecular flexibility index (Phi) is 4.44. The molecule has 5 nitrogen and oxygen atoms in total. The molecular formula is C21H21N3O2. The summed E-state index contributed by atoms with van der Waals surface area (Å²) in [5, 5.41) is 20.1. The molecule has 3 aromatic rings. The molecule has 0 aliphatic heterocycles. The molecule has 3 N–H and O–H groups in total. The first kappa shape index (κ1) is 16.4. The zero-order chi connectivity index (χ0) is 17.9. The van der Waals surface area contributed by atoms with Gasteiger partial charge in [-0.1, -0.05) is 48.5 Å². The molecule has 4 rings (SSSR count). The second-order valence-electron chi connectivity index (χ2n) is 6.84. The highest BCUT2D eigenvalue weighted by Gasteiger charge is 2.34. The number of phenols is 1. The number of aromatic nitrogens is 2.